The second-order valence-corrected chi connectivity index (χ2v) is 7.35. The van der Waals surface area contributed by atoms with E-state index in [9.17, 15) is 14.9 Å². The number of thiophene rings is 1. The van der Waals surface area contributed by atoms with Gasteiger partial charge in [-0.15, -0.1) is 11.3 Å². The fraction of sp³-hybridized carbons (Fsp3) is 0.389. The lowest BCUT2D eigenvalue weighted by atomic mass is 10.1. The molecule has 9 nitrogen and oxygen atoms in total. The minimum atomic E-state index is -0.588. The Morgan fingerprint density at radius 1 is 1.29 bits per heavy atom. The zero-order valence-corrected chi connectivity index (χ0v) is 15.8. The lowest BCUT2D eigenvalue weighted by Crippen LogP contribution is -2.43. The maximum Gasteiger partial charge on any atom is 0.286 e. The molecule has 0 saturated carbocycles. The number of amides is 1. The predicted octanol–water partition coefficient (Wildman–Crippen LogP) is 2.19. The number of carbonyl (C=O) groups is 1. The van der Waals surface area contributed by atoms with Gasteiger partial charge in [0, 0.05) is 30.6 Å². The molecule has 0 radical (unpaired) electrons. The van der Waals surface area contributed by atoms with Crippen LogP contribution in [0.4, 0.5) is 5.69 Å². The summed E-state index contributed by atoms with van der Waals surface area (Å²) >= 11 is 1.62. The number of fused-ring (bicyclic) bond motifs is 1. The third-order valence-electron chi connectivity index (χ3n) is 4.75. The Labute approximate surface area is 165 Å². The van der Waals surface area contributed by atoms with E-state index in [0.717, 1.165) is 18.0 Å². The van der Waals surface area contributed by atoms with Crippen LogP contribution < -0.4 is 14.8 Å². The molecular weight excluding hydrogens is 386 g/mol. The average Bonchev–Trinajstić information content (AvgIpc) is 3.39. The van der Waals surface area contributed by atoms with Gasteiger partial charge in [0.15, 0.2) is 11.5 Å². The molecule has 0 spiro atoms. The standard InChI is InChI=1S/C18H19N3O6S/c22-18(12-8-15-16(27-11-26-15)9-13(12)21(23)24)19-10-14(17-2-1-7-28-17)20-3-5-25-6-4-20/h1-2,7-9,14H,3-6,10-11H2,(H,19,22)/t14-/m0/s1. The summed E-state index contributed by atoms with van der Waals surface area (Å²) in [5.74, 6) is 0.0894. The fourth-order valence-corrected chi connectivity index (χ4v) is 4.19. The summed E-state index contributed by atoms with van der Waals surface area (Å²) < 4.78 is 15.9. The van der Waals surface area contributed by atoms with Crippen LogP contribution >= 0.6 is 11.3 Å². The Kier molecular flexibility index (Phi) is 5.42. The molecule has 3 heterocycles. The van der Waals surface area contributed by atoms with E-state index >= 15 is 0 Å². The Bertz CT molecular complexity index is 866. The van der Waals surface area contributed by atoms with Gasteiger partial charge in [-0.1, -0.05) is 6.07 Å². The number of benzene rings is 1. The zero-order valence-electron chi connectivity index (χ0n) is 15.0. The first-order chi connectivity index (χ1) is 13.6. The Morgan fingerprint density at radius 2 is 2.04 bits per heavy atom. The minimum absolute atomic E-state index is 0.0130. The van der Waals surface area contributed by atoms with Crippen molar-refractivity contribution in [2.24, 2.45) is 0 Å². The van der Waals surface area contributed by atoms with E-state index < -0.39 is 10.8 Å². The van der Waals surface area contributed by atoms with Crippen LogP contribution in [-0.2, 0) is 4.74 Å². The van der Waals surface area contributed by atoms with Crippen LogP contribution in [0.1, 0.15) is 21.3 Å². The second-order valence-electron chi connectivity index (χ2n) is 6.37. The van der Waals surface area contributed by atoms with E-state index in [-0.39, 0.29) is 29.8 Å². The van der Waals surface area contributed by atoms with E-state index in [1.807, 2.05) is 17.5 Å². The van der Waals surface area contributed by atoms with Crippen molar-refractivity contribution >= 4 is 22.9 Å². The molecule has 148 valence electrons. The van der Waals surface area contributed by atoms with Crippen LogP contribution in [-0.4, -0.2) is 55.4 Å². The highest BCUT2D eigenvalue weighted by Gasteiger charge is 2.29. The Morgan fingerprint density at radius 3 is 2.71 bits per heavy atom. The van der Waals surface area contributed by atoms with Gasteiger partial charge in [-0.25, -0.2) is 0 Å². The van der Waals surface area contributed by atoms with Crippen LogP contribution in [0.5, 0.6) is 11.5 Å². The monoisotopic (exact) mass is 405 g/mol. The molecule has 1 amide bonds. The first kappa shape index (κ1) is 18.7. The summed E-state index contributed by atoms with van der Waals surface area (Å²) in [4.78, 5) is 27.0. The molecule has 0 aliphatic carbocycles. The van der Waals surface area contributed by atoms with Crippen molar-refractivity contribution in [1.29, 1.82) is 0 Å². The van der Waals surface area contributed by atoms with Gasteiger partial charge in [0.05, 0.1) is 30.2 Å². The number of rotatable bonds is 6. The Balaban J connectivity index is 1.53. The molecule has 1 aromatic heterocycles. The molecule has 0 bridgehead atoms. The van der Waals surface area contributed by atoms with Crippen LogP contribution in [0.25, 0.3) is 0 Å². The SMILES string of the molecule is O=C(NC[C@@H](c1cccs1)N1CCOCC1)c1cc2c(cc1[N+](=O)[O-])OCO2. The van der Waals surface area contributed by atoms with Crippen molar-refractivity contribution in [1.82, 2.24) is 10.2 Å². The van der Waals surface area contributed by atoms with E-state index in [1.54, 1.807) is 11.3 Å². The molecule has 1 N–H and O–H groups in total. The quantitative estimate of drug-likeness (QED) is 0.580. The van der Waals surface area contributed by atoms with Crippen molar-refractivity contribution in [3.8, 4) is 11.5 Å². The van der Waals surface area contributed by atoms with Gasteiger partial charge < -0.3 is 19.5 Å². The lowest BCUT2D eigenvalue weighted by Gasteiger charge is -2.34. The molecule has 28 heavy (non-hydrogen) atoms. The third kappa shape index (κ3) is 3.79. The third-order valence-corrected chi connectivity index (χ3v) is 5.72. The van der Waals surface area contributed by atoms with Crippen LogP contribution in [0.15, 0.2) is 29.6 Å². The maximum atomic E-state index is 12.8. The number of morpholine rings is 1. The van der Waals surface area contributed by atoms with Crippen LogP contribution in [0.3, 0.4) is 0 Å². The highest BCUT2D eigenvalue weighted by Crippen LogP contribution is 2.38. The second kappa shape index (κ2) is 8.13. The van der Waals surface area contributed by atoms with Crippen molar-refractivity contribution in [2.45, 2.75) is 6.04 Å². The number of hydrogen-bond donors (Lipinski definition) is 1. The van der Waals surface area contributed by atoms with Crippen molar-refractivity contribution in [3.63, 3.8) is 0 Å². The topological polar surface area (TPSA) is 103 Å². The van der Waals surface area contributed by atoms with Gasteiger partial charge in [0.2, 0.25) is 6.79 Å². The molecule has 10 heteroatoms. The highest BCUT2D eigenvalue weighted by molar-refractivity contribution is 7.10. The van der Waals surface area contributed by atoms with Crippen LogP contribution in [0.2, 0.25) is 0 Å². The number of ether oxygens (including phenoxy) is 3. The lowest BCUT2D eigenvalue weighted by molar-refractivity contribution is -0.385. The summed E-state index contributed by atoms with van der Waals surface area (Å²) in [6.07, 6.45) is 0. The summed E-state index contributed by atoms with van der Waals surface area (Å²) in [5.41, 5.74) is -0.345. The number of hydrogen-bond acceptors (Lipinski definition) is 8. The highest BCUT2D eigenvalue weighted by atomic mass is 32.1. The summed E-state index contributed by atoms with van der Waals surface area (Å²) in [6.45, 7) is 3.14. The van der Waals surface area contributed by atoms with Crippen molar-refractivity contribution in [3.05, 3.63) is 50.2 Å². The first-order valence-corrected chi connectivity index (χ1v) is 9.73. The summed E-state index contributed by atoms with van der Waals surface area (Å²) in [7, 11) is 0. The van der Waals surface area contributed by atoms with Crippen LogP contribution in [0, 0.1) is 10.1 Å². The molecule has 1 aromatic carbocycles. The maximum absolute atomic E-state index is 12.8. The number of nitrogens with zero attached hydrogens (tertiary/aromatic N) is 2. The predicted molar refractivity (Wildman–Crippen MR) is 101 cm³/mol. The van der Waals surface area contributed by atoms with Crippen molar-refractivity contribution < 1.29 is 23.9 Å². The number of nitro benzene ring substituents is 1. The van der Waals surface area contributed by atoms with Crippen molar-refractivity contribution in [2.75, 3.05) is 39.6 Å². The van der Waals surface area contributed by atoms with Gasteiger partial charge in [-0.3, -0.25) is 19.8 Å². The normalized spacial score (nSPS) is 17.3. The summed E-state index contributed by atoms with van der Waals surface area (Å²) in [5, 5.41) is 16.3. The molecular formula is C18H19N3O6S. The van der Waals surface area contributed by atoms with E-state index in [1.165, 1.54) is 12.1 Å². The Hall–Kier alpha value is -2.69. The molecule has 2 aliphatic rings. The fourth-order valence-electron chi connectivity index (χ4n) is 3.33. The number of nitrogens with one attached hydrogen (secondary N) is 1. The molecule has 2 aliphatic heterocycles. The van der Waals surface area contributed by atoms with E-state index in [4.69, 9.17) is 14.2 Å². The molecule has 1 atom stereocenters. The van der Waals surface area contributed by atoms with Gasteiger partial charge in [0.25, 0.3) is 11.6 Å². The molecule has 1 saturated heterocycles. The molecule has 2 aromatic rings. The summed E-state index contributed by atoms with van der Waals surface area (Å²) in [6, 6.07) is 6.58. The van der Waals surface area contributed by atoms with Gasteiger partial charge >= 0.3 is 0 Å². The minimum Gasteiger partial charge on any atom is -0.454 e. The van der Waals surface area contributed by atoms with Gasteiger partial charge in [-0.2, -0.15) is 0 Å². The number of nitro groups is 1. The van der Waals surface area contributed by atoms with Gasteiger partial charge in [-0.05, 0) is 11.4 Å². The molecule has 1 fully saturated rings. The number of carbonyl (C=O) groups excluding carboxylic acids is 1. The van der Waals surface area contributed by atoms with E-state index in [0.29, 0.717) is 25.5 Å². The van der Waals surface area contributed by atoms with E-state index in [2.05, 4.69) is 10.2 Å². The zero-order chi connectivity index (χ0) is 19.5. The largest absolute Gasteiger partial charge is 0.454 e. The molecule has 0 unspecified atom stereocenters. The van der Waals surface area contributed by atoms with Gasteiger partial charge in [0.1, 0.15) is 5.56 Å². The molecule has 4 rings (SSSR count). The first-order valence-electron chi connectivity index (χ1n) is 8.85. The average molecular weight is 405 g/mol. The smallest absolute Gasteiger partial charge is 0.286 e.